The fourth-order valence-corrected chi connectivity index (χ4v) is 2.72. The van der Waals surface area contributed by atoms with Crippen LogP contribution in [0.2, 0.25) is 0 Å². The van der Waals surface area contributed by atoms with Crippen LogP contribution in [-0.2, 0) is 13.1 Å². The molecule has 24 heavy (non-hydrogen) atoms. The van der Waals surface area contributed by atoms with Gasteiger partial charge in [0.05, 0.1) is 30.9 Å². The molecule has 0 aliphatic heterocycles. The second-order valence-electron chi connectivity index (χ2n) is 5.59. The van der Waals surface area contributed by atoms with Gasteiger partial charge in [0.15, 0.2) is 0 Å². The molecule has 0 fully saturated rings. The Morgan fingerprint density at radius 1 is 1.29 bits per heavy atom. The molecule has 2 heterocycles. The molecular formula is C17H20FN5O. The number of hydrogen-bond donors (Lipinski definition) is 2. The fraction of sp³-hybridized carbons (Fsp3) is 0.294. The molecule has 0 aliphatic carbocycles. The van der Waals surface area contributed by atoms with Crippen molar-refractivity contribution in [2.24, 2.45) is 0 Å². The number of aliphatic hydroxyl groups is 1. The highest BCUT2D eigenvalue weighted by molar-refractivity contribution is 5.50. The number of nitrogens with one attached hydrogen (secondary N) is 1. The van der Waals surface area contributed by atoms with Crippen LogP contribution in [0.4, 0.5) is 10.1 Å². The van der Waals surface area contributed by atoms with Gasteiger partial charge in [0.1, 0.15) is 5.82 Å². The number of halogens is 1. The second kappa shape index (κ2) is 6.84. The van der Waals surface area contributed by atoms with Crippen molar-refractivity contribution in [3.63, 3.8) is 0 Å². The van der Waals surface area contributed by atoms with Gasteiger partial charge in [-0.2, -0.15) is 5.10 Å². The summed E-state index contributed by atoms with van der Waals surface area (Å²) in [6.07, 6.45) is 4.88. The lowest BCUT2D eigenvalue weighted by atomic mass is 10.2. The molecule has 6 nitrogen and oxygen atoms in total. The van der Waals surface area contributed by atoms with E-state index in [1.807, 2.05) is 19.9 Å². The monoisotopic (exact) mass is 329 g/mol. The summed E-state index contributed by atoms with van der Waals surface area (Å²) in [6, 6.07) is 5.02. The van der Waals surface area contributed by atoms with E-state index >= 15 is 0 Å². The molecule has 0 amide bonds. The Labute approximate surface area is 139 Å². The summed E-state index contributed by atoms with van der Waals surface area (Å²) in [7, 11) is 0. The first-order chi connectivity index (χ1) is 11.6. The Morgan fingerprint density at radius 2 is 2.12 bits per heavy atom. The minimum Gasteiger partial charge on any atom is -0.394 e. The molecule has 2 aromatic heterocycles. The van der Waals surface area contributed by atoms with Crippen molar-refractivity contribution in [2.75, 3.05) is 11.9 Å². The van der Waals surface area contributed by atoms with E-state index in [1.54, 1.807) is 34.0 Å². The lowest BCUT2D eigenvalue weighted by molar-refractivity contribution is 0.268. The van der Waals surface area contributed by atoms with Crippen LogP contribution < -0.4 is 5.32 Å². The molecule has 0 radical (unpaired) electrons. The summed E-state index contributed by atoms with van der Waals surface area (Å²) in [6.45, 7) is 4.97. The van der Waals surface area contributed by atoms with Gasteiger partial charge in [-0.25, -0.2) is 9.37 Å². The molecule has 0 saturated heterocycles. The first-order valence-corrected chi connectivity index (χ1v) is 7.75. The van der Waals surface area contributed by atoms with Crippen molar-refractivity contribution >= 4 is 5.69 Å². The van der Waals surface area contributed by atoms with Crippen molar-refractivity contribution in [1.82, 2.24) is 19.3 Å². The molecule has 0 atom stereocenters. The van der Waals surface area contributed by atoms with Crippen LogP contribution in [0.1, 0.15) is 17.0 Å². The predicted molar refractivity (Wildman–Crippen MR) is 89.6 cm³/mol. The average Bonchev–Trinajstić information content (AvgIpc) is 3.16. The maximum Gasteiger partial charge on any atom is 0.149 e. The molecule has 0 saturated carbocycles. The summed E-state index contributed by atoms with van der Waals surface area (Å²) in [5, 5.41) is 16.7. The van der Waals surface area contributed by atoms with Crippen LogP contribution in [0.25, 0.3) is 5.69 Å². The van der Waals surface area contributed by atoms with E-state index < -0.39 is 0 Å². The van der Waals surface area contributed by atoms with Crippen molar-refractivity contribution < 1.29 is 9.50 Å². The molecular weight excluding hydrogens is 309 g/mol. The van der Waals surface area contributed by atoms with Gasteiger partial charge in [0.2, 0.25) is 0 Å². The quantitative estimate of drug-likeness (QED) is 0.729. The molecule has 0 bridgehead atoms. The lowest BCUT2D eigenvalue weighted by Crippen LogP contribution is -2.07. The first kappa shape index (κ1) is 16.2. The number of rotatable bonds is 6. The van der Waals surface area contributed by atoms with Crippen LogP contribution in [-0.4, -0.2) is 31.0 Å². The van der Waals surface area contributed by atoms with Gasteiger partial charge in [-0.1, -0.05) is 0 Å². The van der Waals surface area contributed by atoms with Gasteiger partial charge < -0.3 is 15.0 Å². The normalized spacial score (nSPS) is 11.0. The van der Waals surface area contributed by atoms with E-state index in [-0.39, 0.29) is 12.4 Å². The molecule has 3 rings (SSSR count). The van der Waals surface area contributed by atoms with Crippen LogP contribution in [0.5, 0.6) is 0 Å². The molecule has 0 aliphatic rings. The highest BCUT2D eigenvalue weighted by atomic mass is 19.1. The summed E-state index contributed by atoms with van der Waals surface area (Å²) in [5.41, 5.74) is 4.13. The van der Waals surface area contributed by atoms with Crippen molar-refractivity contribution in [1.29, 1.82) is 0 Å². The Hall–Kier alpha value is -2.67. The van der Waals surface area contributed by atoms with Gasteiger partial charge in [-0.3, -0.25) is 4.68 Å². The average molecular weight is 329 g/mol. The van der Waals surface area contributed by atoms with E-state index in [9.17, 15) is 4.39 Å². The SMILES string of the molecule is Cc1nn(CCO)c(C)c1CNc1ccc(-n2ccnc2)c(F)c1. The maximum absolute atomic E-state index is 14.3. The van der Waals surface area contributed by atoms with Crippen LogP contribution >= 0.6 is 0 Å². The van der Waals surface area contributed by atoms with Crippen molar-refractivity contribution in [2.45, 2.75) is 26.9 Å². The van der Waals surface area contributed by atoms with E-state index in [0.29, 0.717) is 24.5 Å². The van der Waals surface area contributed by atoms with E-state index in [1.165, 1.54) is 6.07 Å². The topological polar surface area (TPSA) is 67.9 Å². The van der Waals surface area contributed by atoms with E-state index in [4.69, 9.17) is 5.11 Å². The van der Waals surface area contributed by atoms with E-state index in [2.05, 4.69) is 15.4 Å². The Balaban J connectivity index is 1.75. The molecule has 1 aromatic carbocycles. The number of benzene rings is 1. The third kappa shape index (κ3) is 3.16. The summed E-state index contributed by atoms with van der Waals surface area (Å²) in [4.78, 5) is 3.93. The fourth-order valence-electron chi connectivity index (χ4n) is 2.72. The third-order valence-corrected chi connectivity index (χ3v) is 4.04. The van der Waals surface area contributed by atoms with E-state index in [0.717, 1.165) is 17.0 Å². The molecule has 0 unspecified atom stereocenters. The summed E-state index contributed by atoms with van der Waals surface area (Å²) in [5.74, 6) is -0.317. The minimum absolute atomic E-state index is 0.0513. The second-order valence-corrected chi connectivity index (χ2v) is 5.59. The third-order valence-electron chi connectivity index (χ3n) is 4.04. The largest absolute Gasteiger partial charge is 0.394 e. The number of aliphatic hydroxyl groups excluding tert-OH is 1. The molecule has 3 aromatic rings. The number of aromatic nitrogens is 4. The maximum atomic E-state index is 14.3. The van der Waals surface area contributed by atoms with Crippen LogP contribution in [0.3, 0.4) is 0 Å². The Kier molecular flexibility index (Phi) is 4.61. The zero-order chi connectivity index (χ0) is 17.1. The highest BCUT2D eigenvalue weighted by Gasteiger charge is 2.11. The van der Waals surface area contributed by atoms with Crippen molar-refractivity contribution in [3.05, 3.63) is 59.7 Å². The zero-order valence-electron chi connectivity index (χ0n) is 13.7. The van der Waals surface area contributed by atoms with Gasteiger partial charge in [-0.05, 0) is 32.0 Å². The Bertz CT molecular complexity index is 826. The smallest absolute Gasteiger partial charge is 0.149 e. The van der Waals surface area contributed by atoms with Gasteiger partial charge >= 0.3 is 0 Å². The van der Waals surface area contributed by atoms with Gasteiger partial charge in [0, 0.05) is 35.9 Å². The summed E-state index contributed by atoms with van der Waals surface area (Å²) < 4.78 is 17.7. The highest BCUT2D eigenvalue weighted by Crippen LogP contribution is 2.20. The number of nitrogens with zero attached hydrogens (tertiary/aromatic N) is 4. The summed E-state index contributed by atoms with van der Waals surface area (Å²) >= 11 is 0. The molecule has 7 heteroatoms. The minimum atomic E-state index is -0.317. The van der Waals surface area contributed by atoms with Crippen molar-refractivity contribution in [3.8, 4) is 5.69 Å². The Morgan fingerprint density at radius 3 is 2.79 bits per heavy atom. The number of aryl methyl sites for hydroxylation is 1. The van der Waals surface area contributed by atoms with Crippen LogP contribution in [0, 0.1) is 19.7 Å². The number of imidazole rings is 1. The molecule has 0 spiro atoms. The standard InChI is InChI=1S/C17H20FN5O/c1-12-15(13(2)23(21-12)7-8-24)10-20-14-3-4-17(16(18)9-14)22-6-5-19-11-22/h3-6,9,11,20,24H,7-8,10H2,1-2H3. The van der Waals surface area contributed by atoms with Gasteiger partial charge in [-0.15, -0.1) is 0 Å². The predicted octanol–water partition coefficient (Wildman–Crippen LogP) is 2.43. The molecule has 2 N–H and O–H groups in total. The number of anilines is 1. The van der Waals surface area contributed by atoms with Gasteiger partial charge in [0.25, 0.3) is 0 Å². The zero-order valence-corrected chi connectivity index (χ0v) is 13.7. The van der Waals surface area contributed by atoms with Crippen LogP contribution in [0.15, 0.2) is 36.9 Å². The molecule has 126 valence electrons. The first-order valence-electron chi connectivity index (χ1n) is 7.75. The number of hydrogen-bond acceptors (Lipinski definition) is 4. The lowest BCUT2D eigenvalue weighted by Gasteiger charge is -2.10.